The Hall–Kier alpha value is -3.71. The molecule has 3 amide bonds. The van der Waals surface area contributed by atoms with E-state index in [0.29, 0.717) is 5.06 Å². The number of hydroxylamine groups is 2. The van der Waals surface area contributed by atoms with Crippen molar-refractivity contribution in [3.63, 3.8) is 0 Å². The first-order chi connectivity index (χ1) is 15.1. The third kappa shape index (κ3) is 8.20. The van der Waals surface area contributed by atoms with E-state index in [0.717, 1.165) is 21.3 Å². The number of esters is 3. The van der Waals surface area contributed by atoms with Gasteiger partial charge in [0.1, 0.15) is 6.04 Å². The van der Waals surface area contributed by atoms with Crippen molar-refractivity contribution < 1.29 is 57.3 Å². The van der Waals surface area contributed by atoms with E-state index < -0.39 is 66.8 Å². The predicted molar refractivity (Wildman–Crippen MR) is 98.9 cm³/mol. The Morgan fingerprint density at radius 3 is 1.94 bits per heavy atom. The Kier molecular flexibility index (Phi) is 10.6. The summed E-state index contributed by atoms with van der Waals surface area (Å²) in [4.78, 5) is 86.6. The van der Waals surface area contributed by atoms with Crippen molar-refractivity contribution in [2.45, 2.75) is 50.7 Å². The molecule has 14 heteroatoms. The van der Waals surface area contributed by atoms with E-state index in [1.54, 1.807) is 0 Å². The number of nitrogens with one attached hydrogen (secondary N) is 1. The molecule has 0 saturated carbocycles. The predicted octanol–water partition coefficient (Wildman–Crippen LogP) is -0.864. The van der Waals surface area contributed by atoms with Crippen molar-refractivity contribution in [3.05, 3.63) is 0 Å². The summed E-state index contributed by atoms with van der Waals surface area (Å²) in [6.45, 7) is 0. The average Bonchev–Trinajstić information content (AvgIpc) is 3.09. The van der Waals surface area contributed by atoms with Gasteiger partial charge < -0.3 is 29.1 Å². The molecule has 0 bridgehead atoms. The molecule has 0 aliphatic carbocycles. The molecule has 14 nitrogen and oxygen atoms in total. The summed E-state index contributed by atoms with van der Waals surface area (Å²) in [5.74, 6) is -4.88. The fourth-order valence-electron chi connectivity index (χ4n) is 2.47. The van der Waals surface area contributed by atoms with Gasteiger partial charge in [0.05, 0.1) is 27.8 Å². The second-order valence-electron chi connectivity index (χ2n) is 6.34. The number of rotatable bonds is 11. The average molecular weight is 460 g/mol. The molecule has 32 heavy (non-hydrogen) atoms. The molecule has 1 rings (SSSR count). The lowest BCUT2D eigenvalue weighted by molar-refractivity contribution is -0.197. The maximum absolute atomic E-state index is 12.1. The number of methoxy groups -OCH3 is 3. The summed E-state index contributed by atoms with van der Waals surface area (Å²) < 4.78 is 18.4. The number of ether oxygens (including phenoxy) is 4. The number of carbonyl (C=O) groups is 7. The van der Waals surface area contributed by atoms with Crippen LogP contribution < -0.4 is 5.32 Å². The van der Waals surface area contributed by atoms with Gasteiger partial charge >= 0.3 is 30.0 Å². The summed E-state index contributed by atoms with van der Waals surface area (Å²) >= 11 is 0. The fourth-order valence-corrected chi connectivity index (χ4v) is 2.47. The molecule has 0 aromatic carbocycles. The van der Waals surface area contributed by atoms with Crippen LogP contribution in [0.25, 0.3) is 0 Å². The van der Waals surface area contributed by atoms with Crippen LogP contribution in [0, 0.1) is 0 Å². The van der Waals surface area contributed by atoms with Crippen molar-refractivity contribution in [2.24, 2.45) is 0 Å². The van der Waals surface area contributed by atoms with Crippen LogP contribution in [0.3, 0.4) is 0 Å². The van der Waals surface area contributed by atoms with Gasteiger partial charge in [-0.1, -0.05) is 0 Å². The highest BCUT2D eigenvalue weighted by atomic mass is 16.7. The highest BCUT2D eigenvalue weighted by molar-refractivity contribution is 6.01. The van der Waals surface area contributed by atoms with Gasteiger partial charge in [-0.15, -0.1) is 5.06 Å². The van der Waals surface area contributed by atoms with Gasteiger partial charge in [0.25, 0.3) is 11.8 Å². The number of amides is 3. The van der Waals surface area contributed by atoms with Crippen LogP contribution in [-0.2, 0) is 52.6 Å². The lowest BCUT2D eigenvalue weighted by Gasteiger charge is -2.19. The molecule has 0 aromatic rings. The highest BCUT2D eigenvalue weighted by Crippen LogP contribution is 2.14. The highest BCUT2D eigenvalue weighted by Gasteiger charge is 2.34. The van der Waals surface area contributed by atoms with Gasteiger partial charge in [-0.2, -0.15) is 0 Å². The molecule has 0 aromatic heterocycles. The number of alkyl carbamates (subject to hydrolysis) is 1. The van der Waals surface area contributed by atoms with E-state index in [2.05, 4.69) is 24.4 Å². The first-order valence-corrected chi connectivity index (χ1v) is 9.39. The summed E-state index contributed by atoms with van der Waals surface area (Å²) in [7, 11) is 3.24. The third-order valence-electron chi connectivity index (χ3n) is 4.17. The molecule has 2 atom stereocenters. The zero-order valence-corrected chi connectivity index (χ0v) is 17.7. The van der Waals surface area contributed by atoms with Crippen LogP contribution >= 0.6 is 0 Å². The molecule has 1 saturated heterocycles. The Bertz CT molecular complexity index is 749. The van der Waals surface area contributed by atoms with Crippen molar-refractivity contribution in [1.29, 1.82) is 0 Å². The van der Waals surface area contributed by atoms with Crippen LogP contribution in [0.4, 0.5) is 4.79 Å². The van der Waals surface area contributed by atoms with E-state index >= 15 is 0 Å². The number of hydrogen-bond acceptors (Lipinski definition) is 12. The summed E-state index contributed by atoms with van der Waals surface area (Å²) in [5, 5.41) is 2.49. The number of imide groups is 1. The molecule has 1 heterocycles. The second kappa shape index (κ2) is 12.9. The molecule has 1 fully saturated rings. The van der Waals surface area contributed by atoms with E-state index in [-0.39, 0.29) is 25.7 Å². The first kappa shape index (κ1) is 26.3. The normalized spacial score (nSPS) is 14.8. The van der Waals surface area contributed by atoms with Gasteiger partial charge in [0, 0.05) is 25.7 Å². The minimum absolute atomic E-state index is 0.0858. The van der Waals surface area contributed by atoms with Gasteiger partial charge in [0.15, 0.2) is 0 Å². The second-order valence-corrected chi connectivity index (χ2v) is 6.34. The van der Waals surface area contributed by atoms with E-state index in [9.17, 15) is 33.6 Å². The third-order valence-corrected chi connectivity index (χ3v) is 4.17. The van der Waals surface area contributed by atoms with Crippen LogP contribution in [0.1, 0.15) is 38.5 Å². The largest absolute Gasteiger partial charge is 0.469 e. The van der Waals surface area contributed by atoms with E-state index in [1.165, 1.54) is 0 Å². The summed E-state index contributed by atoms with van der Waals surface area (Å²) in [5.41, 5.74) is 0. The lowest BCUT2D eigenvalue weighted by atomic mass is 10.1. The van der Waals surface area contributed by atoms with E-state index in [1.807, 2.05) is 0 Å². The summed E-state index contributed by atoms with van der Waals surface area (Å²) in [6, 6.07) is -1.28. The minimum Gasteiger partial charge on any atom is -0.469 e. The molecule has 1 aliphatic heterocycles. The molecule has 0 radical (unpaired) electrons. The zero-order valence-electron chi connectivity index (χ0n) is 17.7. The van der Waals surface area contributed by atoms with Gasteiger partial charge in [-0.3, -0.25) is 14.4 Å². The molecule has 0 unspecified atom stereocenters. The molecule has 178 valence electrons. The Balaban J connectivity index is 2.67. The van der Waals surface area contributed by atoms with Gasteiger partial charge in [-0.25, -0.2) is 19.2 Å². The lowest BCUT2D eigenvalue weighted by Crippen LogP contribution is -2.44. The van der Waals surface area contributed by atoms with E-state index in [4.69, 9.17) is 4.74 Å². The zero-order chi connectivity index (χ0) is 24.3. The minimum atomic E-state index is -1.57. The van der Waals surface area contributed by atoms with Crippen LogP contribution in [-0.4, -0.2) is 80.3 Å². The summed E-state index contributed by atoms with van der Waals surface area (Å²) in [6.07, 6.45) is -4.25. The molecular formula is C18H24N2O12. The SMILES string of the molecule is COC(=O)CC[C@H](NC(=O)O[C@@H](CCC(=O)ON1C(=O)CCC1=O)C(=O)OC)C(=O)OC. The first-order valence-electron chi connectivity index (χ1n) is 9.39. The van der Waals surface area contributed by atoms with Crippen molar-refractivity contribution in [3.8, 4) is 0 Å². The molecule has 1 aliphatic rings. The Morgan fingerprint density at radius 1 is 0.844 bits per heavy atom. The van der Waals surface area contributed by atoms with Crippen molar-refractivity contribution in [1.82, 2.24) is 10.4 Å². The Labute approximate surface area is 182 Å². The molecular weight excluding hydrogens is 436 g/mol. The molecule has 0 spiro atoms. The number of hydrogen-bond donors (Lipinski definition) is 1. The van der Waals surface area contributed by atoms with Gasteiger partial charge in [-0.05, 0) is 6.42 Å². The quantitative estimate of drug-likeness (QED) is 0.229. The van der Waals surface area contributed by atoms with Crippen LogP contribution in [0.5, 0.6) is 0 Å². The maximum atomic E-state index is 12.1. The maximum Gasteiger partial charge on any atom is 0.408 e. The smallest absolute Gasteiger partial charge is 0.408 e. The Morgan fingerprint density at radius 2 is 1.41 bits per heavy atom. The van der Waals surface area contributed by atoms with Crippen molar-refractivity contribution >= 4 is 41.8 Å². The standard InChI is InChI=1S/C18H24N2O12/c1-28-14(23)8-4-10(16(25)29-2)19-18(27)31-11(17(26)30-3)5-9-15(24)32-20-12(21)6-7-13(20)22/h10-11H,4-9H2,1-3H3,(H,19,27)/t10-,11-/m0/s1. The molecule has 1 N–H and O–H groups in total. The van der Waals surface area contributed by atoms with Crippen molar-refractivity contribution in [2.75, 3.05) is 21.3 Å². The van der Waals surface area contributed by atoms with Crippen LogP contribution in [0.15, 0.2) is 0 Å². The van der Waals surface area contributed by atoms with Crippen LogP contribution in [0.2, 0.25) is 0 Å². The monoisotopic (exact) mass is 460 g/mol. The topological polar surface area (TPSA) is 181 Å². The van der Waals surface area contributed by atoms with Gasteiger partial charge in [0.2, 0.25) is 6.10 Å². The number of nitrogens with zero attached hydrogens (tertiary/aromatic N) is 1. The number of carbonyl (C=O) groups excluding carboxylic acids is 7. The fraction of sp³-hybridized carbons (Fsp3) is 0.611.